The SMILES string of the molecule is COC(=O)C1=C[C@H](OC(C)=O)[C@@H]([C@@]2(C(=O)OC)CO2)C1. The molecule has 0 saturated carbocycles. The molecule has 3 atom stereocenters. The monoisotopic (exact) mass is 284 g/mol. The van der Waals surface area contributed by atoms with Crippen LogP contribution in [0.1, 0.15) is 13.3 Å². The summed E-state index contributed by atoms with van der Waals surface area (Å²) in [4.78, 5) is 34.6. The number of ether oxygens (including phenoxy) is 4. The fourth-order valence-electron chi connectivity index (χ4n) is 2.49. The topological polar surface area (TPSA) is 91.4 Å². The van der Waals surface area contributed by atoms with Gasteiger partial charge in [0, 0.05) is 18.4 Å². The molecule has 0 unspecified atom stereocenters. The van der Waals surface area contributed by atoms with Gasteiger partial charge in [-0.3, -0.25) is 4.79 Å². The third-order valence-corrected chi connectivity index (χ3v) is 3.54. The summed E-state index contributed by atoms with van der Waals surface area (Å²) in [5, 5.41) is 0. The fourth-order valence-corrected chi connectivity index (χ4v) is 2.49. The van der Waals surface area contributed by atoms with Crippen molar-refractivity contribution < 1.29 is 33.3 Å². The molecule has 0 aromatic rings. The van der Waals surface area contributed by atoms with Crippen LogP contribution in [0, 0.1) is 5.92 Å². The highest BCUT2D eigenvalue weighted by atomic mass is 16.6. The second kappa shape index (κ2) is 5.24. The van der Waals surface area contributed by atoms with Crippen molar-refractivity contribution in [3.05, 3.63) is 11.6 Å². The van der Waals surface area contributed by atoms with E-state index in [1.807, 2.05) is 0 Å². The van der Waals surface area contributed by atoms with Crippen molar-refractivity contribution >= 4 is 17.9 Å². The lowest BCUT2D eigenvalue weighted by atomic mass is 9.88. The van der Waals surface area contributed by atoms with Crippen LogP contribution in [0.25, 0.3) is 0 Å². The van der Waals surface area contributed by atoms with E-state index < -0.39 is 35.5 Å². The number of carbonyl (C=O) groups is 3. The van der Waals surface area contributed by atoms with Gasteiger partial charge in [0.25, 0.3) is 0 Å². The molecule has 1 fully saturated rings. The summed E-state index contributed by atoms with van der Waals surface area (Å²) in [5.74, 6) is -2.01. The van der Waals surface area contributed by atoms with Gasteiger partial charge in [0.15, 0.2) is 5.60 Å². The molecule has 0 aromatic carbocycles. The molecular formula is C13H16O7. The van der Waals surface area contributed by atoms with E-state index in [0.717, 1.165) is 0 Å². The predicted molar refractivity (Wildman–Crippen MR) is 64.5 cm³/mol. The summed E-state index contributed by atoms with van der Waals surface area (Å²) in [7, 11) is 2.53. The molecule has 2 rings (SSSR count). The molecule has 7 nitrogen and oxygen atoms in total. The van der Waals surface area contributed by atoms with Gasteiger partial charge in [-0.2, -0.15) is 0 Å². The Morgan fingerprint density at radius 2 is 1.95 bits per heavy atom. The third kappa shape index (κ3) is 2.40. The van der Waals surface area contributed by atoms with Crippen LogP contribution in [-0.2, 0) is 33.3 Å². The quantitative estimate of drug-likeness (QED) is 0.407. The van der Waals surface area contributed by atoms with Crippen molar-refractivity contribution in [2.75, 3.05) is 20.8 Å². The Kier molecular flexibility index (Phi) is 3.80. The van der Waals surface area contributed by atoms with Crippen LogP contribution in [0.4, 0.5) is 0 Å². The number of methoxy groups -OCH3 is 2. The van der Waals surface area contributed by atoms with Crippen LogP contribution in [0.3, 0.4) is 0 Å². The number of hydrogen-bond donors (Lipinski definition) is 0. The van der Waals surface area contributed by atoms with Gasteiger partial charge < -0.3 is 18.9 Å². The number of rotatable bonds is 4. The Labute approximate surface area is 115 Å². The van der Waals surface area contributed by atoms with Crippen LogP contribution in [0.15, 0.2) is 11.6 Å². The Bertz CT molecular complexity index is 475. The number of hydrogen-bond acceptors (Lipinski definition) is 7. The average molecular weight is 284 g/mol. The first-order valence-corrected chi connectivity index (χ1v) is 6.13. The molecule has 0 spiro atoms. The molecule has 0 N–H and O–H groups in total. The maximum atomic E-state index is 11.8. The lowest BCUT2D eigenvalue weighted by Gasteiger charge is -2.23. The third-order valence-electron chi connectivity index (χ3n) is 3.54. The van der Waals surface area contributed by atoms with Gasteiger partial charge >= 0.3 is 17.9 Å². The predicted octanol–water partition coefficient (Wildman–Crippen LogP) is -0.0206. The highest BCUT2D eigenvalue weighted by molar-refractivity contribution is 5.90. The zero-order valence-corrected chi connectivity index (χ0v) is 11.5. The van der Waals surface area contributed by atoms with Gasteiger partial charge in [0.1, 0.15) is 6.10 Å². The van der Waals surface area contributed by atoms with Crippen LogP contribution in [0.5, 0.6) is 0 Å². The maximum Gasteiger partial charge on any atom is 0.341 e. The van der Waals surface area contributed by atoms with Crippen molar-refractivity contribution in [2.24, 2.45) is 5.92 Å². The Morgan fingerprint density at radius 1 is 1.30 bits per heavy atom. The zero-order chi connectivity index (χ0) is 14.9. The average Bonchev–Trinajstić information content (AvgIpc) is 3.12. The van der Waals surface area contributed by atoms with Crippen molar-refractivity contribution in [3.63, 3.8) is 0 Å². The Hall–Kier alpha value is -1.89. The smallest absolute Gasteiger partial charge is 0.341 e. The van der Waals surface area contributed by atoms with Gasteiger partial charge in [0.05, 0.1) is 20.8 Å². The molecule has 1 aliphatic heterocycles. The first kappa shape index (κ1) is 14.5. The summed E-state index contributed by atoms with van der Waals surface area (Å²) < 4.78 is 19.8. The van der Waals surface area contributed by atoms with Gasteiger partial charge in [-0.15, -0.1) is 0 Å². The molecule has 0 radical (unpaired) electrons. The Balaban J connectivity index is 2.22. The van der Waals surface area contributed by atoms with E-state index in [4.69, 9.17) is 14.2 Å². The first-order chi connectivity index (χ1) is 9.44. The van der Waals surface area contributed by atoms with Crippen molar-refractivity contribution in [2.45, 2.75) is 25.0 Å². The highest BCUT2D eigenvalue weighted by Gasteiger charge is 2.63. The van der Waals surface area contributed by atoms with Gasteiger partial charge in [0.2, 0.25) is 0 Å². The van der Waals surface area contributed by atoms with Crippen LogP contribution < -0.4 is 0 Å². The van der Waals surface area contributed by atoms with E-state index in [0.29, 0.717) is 5.57 Å². The molecular weight excluding hydrogens is 268 g/mol. The van der Waals surface area contributed by atoms with Crippen LogP contribution in [0.2, 0.25) is 0 Å². The minimum atomic E-state index is -1.14. The number of esters is 3. The molecule has 1 saturated heterocycles. The summed E-state index contributed by atoms with van der Waals surface area (Å²) in [6.07, 6.45) is 1.03. The molecule has 0 aromatic heterocycles. The van der Waals surface area contributed by atoms with Crippen LogP contribution in [-0.4, -0.2) is 50.4 Å². The van der Waals surface area contributed by atoms with E-state index >= 15 is 0 Å². The highest BCUT2D eigenvalue weighted by Crippen LogP contribution is 2.46. The van der Waals surface area contributed by atoms with Crippen LogP contribution >= 0.6 is 0 Å². The fraction of sp³-hybridized carbons (Fsp3) is 0.615. The summed E-state index contributed by atoms with van der Waals surface area (Å²) in [6, 6.07) is 0. The van der Waals surface area contributed by atoms with E-state index in [1.165, 1.54) is 27.2 Å². The van der Waals surface area contributed by atoms with E-state index in [-0.39, 0.29) is 13.0 Å². The molecule has 20 heavy (non-hydrogen) atoms. The number of epoxide rings is 1. The van der Waals surface area contributed by atoms with Crippen molar-refractivity contribution in [1.82, 2.24) is 0 Å². The minimum absolute atomic E-state index is 0.185. The second-order valence-electron chi connectivity index (χ2n) is 4.74. The zero-order valence-electron chi connectivity index (χ0n) is 11.5. The molecule has 7 heteroatoms. The van der Waals surface area contributed by atoms with Crippen molar-refractivity contribution in [1.29, 1.82) is 0 Å². The van der Waals surface area contributed by atoms with Gasteiger partial charge in [-0.1, -0.05) is 0 Å². The van der Waals surface area contributed by atoms with Crippen molar-refractivity contribution in [3.8, 4) is 0 Å². The molecule has 0 amide bonds. The summed E-state index contributed by atoms with van der Waals surface area (Å²) >= 11 is 0. The molecule has 110 valence electrons. The standard InChI is InChI=1S/C13H16O7/c1-7(14)20-10-5-8(11(15)17-2)4-9(10)13(6-19-13)12(16)18-3/h5,9-10H,4,6H2,1-3H3/t9-,10-,13+/m0/s1. The number of carbonyl (C=O) groups excluding carboxylic acids is 3. The van der Waals surface area contributed by atoms with Gasteiger partial charge in [-0.05, 0) is 12.5 Å². The molecule has 1 aliphatic carbocycles. The van der Waals surface area contributed by atoms with E-state index in [9.17, 15) is 14.4 Å². The lowest BCUT2D eigenvalue weighted by molar-refractivity contribution is -0.156. The lowest BCUT2D eigenvalue weighted by Crippen LogP contribution is -2.40. The molecule has 1 heterocycles. The summed E-state index contributed by atoms with van der Waals surface area (Å²) in [5.41, 5.74) is -0.774. The van der Waals surface area contributed by atoms with Gasteiger partial charge in [-0.25, -0.2) is 9.59 Å². The first-order valence-electron chi connectivity index (χ1n) is 6.13. The largest absolute Gasteiger partial charge is 0.467 e. The molecule has 0 bridgehead atoms. The molecule has 2 aliphatic rings. The maximum absolute atomic E-state index is 11.8. The Morgan fingerprint density at radius 3 is 2.40 bits per heavy atom. The minimum Gasteiger partial charge on any atom is -0.467 e. The van der Waals surface area contributed by atoms with E-state index in [1.54, 1.807) is 0 Å². The second-order valence-corrected chi connectivity index (χ2v) is 4.74. The van der Waals surface area contributed by atoms with E-state index in [2.05, 4.69) is 4.74 Å². The summed E-state index contributed by atoms with van der Waals surface area (Å²) in [6.45, 7) is 1.45. The normalized spacial score (nSPS) is 31.2.